The highest BCUT2D eigenvalue weighted by atomic mass is 16.5. The molecule has 0 aliphatic carbocycles. The predicted molar refractivity (Wildman–Crippen MR) is 75.0 cm³/mol. The quantitative estimate of drug-likeness (QED) is 0.591. The van der Waals surface area contributed by atoms with Gasteiger partial charge in [-0.15, -0.1) is 0 Å². The number of nitrogens with zero attached hydrogens (tertiary/aromatic N) is 2. The van der Waals surface area contributed by atoms with Crippen LogP contribution >= 0.6 is 0 Å². The van der Waals surface area contributed by atoms with Crippen molar-refractivity contribution in [2.75, 3.05) is 18.6 Å². The first kappa shape index (κ1) is 13.4. The Morgan fingerprint density at radius 1 is 1.14 bits per heavy atom. The van der Waals surface area contributed by atoms with Crippen LogP contribution in [0.1, 0.15) is 0 Å². The lowest BCUT2D eigenvalue weighted by molar-refractivity contribution is -0.141. The van der Waals surface area contributed by atoms with Gasteiger partial charge in [0.1, 0.15) is 18.1 Å². The fourth-order valence-electron chi connectivity index (χ4n) is 2.69. The number of carbonyl (C=O) groups excluding carboxylic acids is 3. The third-order valence-corrected chi connectivity index (χ3v) is 3.86. The molecule has 2 atom stereocenters. The number of methoxy groups -OCH3 is 1. The fraction of sp³-hybridized carbons (Fsp3) is 0.267. The van der Waals surface area contributed by atoms with E-state index in [1.54, 1.807) is 19.2 Å². The van der Waals surface area contributed by atoms with E-state index < -0.39 is 12.1 Å². The summed E-state index contributed by atoms with van der Waals surface area (Å²) in [4.78, 5) is 37.7. The Hall–Kier alpha value is -2.63. The maximum atomic E-state index is 11.7. The first-order valence-electron chi connectivity index (χ1n) is 6.57. The second-order valence-electron chi connectivity index (χ2n) is 4.92. The number of hydrogen-bond acceptors (Lipinski definition) is 5. The molecule has 1 aromatic carbocycles. The lowest BCUT2D eigenvalue weighted by Gasteiger charge is -2.49. The van der Waals surface area contributed by atoms with Crippen LogP contribution in [0.3, 0.4) is 0 Å². The van der Waals surface area contributed by atoms with Gasteiger partial charge in [-0.2, -0.15) is 0 Å². The van der Waals surface area contributed by atoms with Crippen molar-refractivity contribution in [1.82, 2.24) is 4.90 Å². The lowest BCUT2D eigenvalue weighted by Crippen LogP contribution is -2.68. The summed E-state index contributed by atoms with van der Waals surface area (Å²) < 4.78 is 5.09. The summed E-state index contributed by atoms with van der Waals surface area (Å²) in [6.45, 7) is 0.453. The van der Waals surface area contributed by atoms with E-state index in [4.69, 9.17) is 4.74 Å². The van der Waals surface area contributed by atoms with Crippen LogP contribution in [-0.4, -0.2) is 48.7 Å². The molecular weight excluding hydrogens is 272 g/mol. The Morgan fingerprint density at radius 2 is 1.76 bits per heavy atom. The van der Waals surface area contributed by atoms with Crippen molar-refractivity contribution in [2.24, 2.45) is 0 Å². The average Bonchev–Trinajstić information content (AvgIpc) is 2.79. The standard InChI is InChI=1S/C15H14N2O4/c1-21-11-4-2-10(3-5-11)16-8-12(13(16)9-18)17-14(19)6-7-15(17)20/h2-7,9,12-13H,8H2,1H3/t12-,13-/m1/s1. The molecule has 0 N–H and O–H groups in total. The van der Waals surface area contributed by atoms with E-state index in [9.17, 15) is 14.4 Å². The average molecular weight is 286 g/mol. The van der Waals surface area contributed by atoms with E-state index in [0.717, 1.165) is 22.6 Å². The van der Waals surface area contributed by atoms with Gasteiger partial charge < -0.3 is 14.4 Å². The van der Waals surface area contributed by atoms with Crippen LogP contribution in [0.15, 0.2) is 36.4 Å². The van der Waals surface area contributed by atoms with Crippen molar-refractivity contribution in [3.05, 3.63) is 36.4 Å². The molecule has 6 nitrogen and oxygen atoms in total. The highest BCUT2D eigenvalue weighted by Crippen LogP contribution is 2.31. The van der Waals surface area contributed by atoms with Crippen molar-refractivity contribution in [3.8, 4) is 5.75 Å². The molecule has 2 aliphatic heterocycles. The van der Waals surface area contributed by atoms with Gasteiger partial charge in [-0.3, -0.25) is 14.5 Å². The molecule has 108 valence electrons. The lowest BCUT2D eigenvalue weighted by atomic mass is 9.94. The predicted octanol–water partition coefficient (Wildman–Crippen LogP) is 0.376. The van der Waals surface area contributed by atoms with Crippen LogP contribution in [-0.2, 0) is 14.4 Å². The Balaban J connectivity index is 1.77. The zero-order valence-electron chi connectivity index (χ0n) is 11.4. The Morgan fingerprint density at radius 3 is 2.29 bits per heavy atom. The van der Waals surface area contributed by atoms with Gasteiger partial charge in [0.15, 0.2) is 0 Å². The summed E-state index contributed by atoms with van der Waals surface area (Å²) in [5, 5.41) is 0. The number of amides is 2. The van der Waals surface area contributed by atoms with Crippen LogP contribution in [0, 0.1) is 0 Å². The smallest absolute Gasteiger partial charge is 0.254 e. The minimum absolute atomic E-state index is 0.355. The van der Waals surface area contributed by atoms with Crippen molar-refractivity contribution in [2.45, 2.75) is 12.1 Å². The number of carbonyl (C=O) groups is 3. The molecule has 0 saturated carbocycles. The SMILES string of the molecule is COc1ccc(N2C[C@@H](N3C(=O)C=CC3=O)[C@H]2C=O)cc1. The Labute approximate surface area is 121 Å². The van der Waals surface area contributed by atoms with Crippen LogP contribution in [0.4, 0.5) is 5.69 Å². The van der Waals surface area contributed by atoms with Gasteiger partial charge in [0.2, 0.25) is 0 Å². The molecule has 0 spiro atoms. The van der Waals surface area contributed by atoms with Gasteiger partial charge >= 0.3 is 0 Å². The van der Waals surface area contributed by atoms with Crippen LogP contribution < -0.4 is 9.64 Å². The zero-order valence-corrected chi connectivity index (χ0v) is 11.4. The molecule has 1 fully saturated rings. The fourth-order valence-corrected chi connectivity index (χ4v) is 2.69. The molecular formula is C15H14N2O4. The first-order valence-corrected chi connectivity index (χ1v) is 6.57. The molecule has 1 saturated heterocycles. The van der Waals surface area contributed by atoms with E-state index in [1.807, 2.05) is 17.0 Å². The summed E-state index contributed by atoms with van der Waals surface area (Å²) in [7, 11) is 1.58. The summed E-state index contributed by atoms with van der Waals surface area (Å²) >= 11 is 0. The van der Waals surface area contributed by atoms with Gasteiger partial charge in [-0.05, 0) is 24.3 Å². The van der Waals surface area contributed by atoms with Gasteiger partial charge in [0.25, 0.3) is 11.8 Å². The third kappa shape index (κ3) is 2.08. The van der Waals surface area contributed by atoms with E-state index >= 15 is 0 Å². The molecule has 21 heavy (non-hydrogen) atoms. The van der Waals surface area contributed by atoms with Crippen LogP contribution in [0.2, 0.25) is 0 Å². The number of anilines is 1. The van der Waals surface area contributed by atoms with Gasteiger partial charge in [0, 0.05) is 24.4 Å². The van der Waals surface area contributed by atoms with Crippen molar-refractivity contribution >= 4 is 23.8 Å². The maximum Gasteiger partial charge on any atom is 0.254 e. The van der Waals surface area contributed by atoms with Gasteiger partial charge in [-0.25, -0.2) is 0 Å². The second kappa shape index (κ2) is 5.05. The van der Waals surface area contributed by atoms with Crippen molar-refractivity contribution < 1.29 is 19.1 Å². The third-order valence-electron chi connectivity index (χ3n) is 3.86. The van der Waals surface area contributed by atoms with E-state index in [0.29, 0.717) is 6.54 Å². The number of hydrogen-bond donors (Lipinski definition) is 0. The minimum Gasteiger partial charge on any atom is -0.497 e. The molecule has 0 bridgehead atoms. The summed E-state index contributed by atoms with van der Waals surface area (Å²) in [6, 6.07) is 6.39. The molecule has 1 aromatic rings. The molecule has 2 aliphatic rings. The minimum atomic E-state index is -0.508. The molecule has 0 aromatic heterocycles. The topological polar surface area (TPSA) is 66.9 Å². The molecule has 2 amide bonds. The number of ether oxygens (including phenoxy) is 1. The number of benzene rings is 1. The number of imide groups is 1. The molecule has 3 rings (SSSR count). The normalized spacial score (nSPS) is 24.2. The second-order valence-corrected chi connectivity index (χ2v) is 4.92. The molecule has 6 heteroatoms. The summed E-state index contributed by atoms with van der Waals surface area (Å²) in [5.74, 6) is 0.0186. The summed E-state index contributed by atoms with van der Waals surface area (Å²) in [5.41, 5.74) is 0.858. The van der Waals surface area contributed by atoms with Crippen molar-refractivity contribution in [3.63, 3.8) is 0 Å². The largest absolute Gasteiger partial charge is 0.497 e. The highest BCUT2D eigenvalue weighted by molar-refractivity contribution is 6.13. The van der Waals surface area contributed by atoms with E-state index in [2.05, 4.69) is 0 Å². The van der Waals surface area contributed by atoms with Crippen LogP contribution in [0.5, 0.6) is 5.75 Å². The Kier molecular flexibility index (Phi) is 3.21. The van der Waals surface area contributed by atoms with Gasteiger partial charge in [0.05, 0.1) is 13.2 Å². The Bertz CT molecular complexity index is 605. The highest BCUT2D eigenvalue weighted by Gasteiger charge is 2.47. The van der Waals surface area contributed by atoms with E-state index in [-0.39, 0.29) is 11.8 Å². The zero-order chi connectivity index (χ0) is 15.0. The van der Waals surface area contributed by atoms with E-state index in [1.165, 1.54) is 12.2 Å². The molecule has 2 heterocycles. The molecule has 0 radical (unpaired) electrons. The monoisotopic (exact) mass is 286 g/mol. The number of rotatable bonds is 4. The van der Waals surface area contributed by atoms with Gasteiger partial charge in [-0.1, -0.05) is 0 Å². The van der Waals surface area contributed by atoms with Crippen molar-refractivity contribution in [1.29, 1.82) is 0 Å². The van der Waals surface area contributed by atoms with Crippen LogP contribution in [0.25, 0.3) is 0 Å². The number of aldehydes is 1. The maximum absolute atomic E-state index is 11.7. The first-order chi connectivity index (χ1) is 10.2. The molecule has 0 unspecified atom stereocenters. The summed E-state index contributed by atoms with van der Waals surface area (Å²) in [6.07, 6.45) is 3.25.